The molecule has 1 aromatic rings. The van der Waals surface area contributed by atoms with Gasteiger partial charge in [0.1, 0.15) is 0 Å². The van der Waals surface area contributed by atoms with Gasteiger partial charge in [0.2, 0.25) is 0 Å². The predicted molar refractivity (Wildman–Crippen MR) is 59.6 cm³/mol. The Hall–Kier alpha value is -0.0600. The van der Waals surface area contributed by atoms with Crippen molar-refractivity contribution < 1.29 is 0 Å². The Morgan fingerprint density at radius 3 is 2.92 bits per heavy atom. The molecule has 2 nitrogen and oxygen atoms in total. The van der Waals surface area contributed by atoms with E-state index in [2.05, 4.69) is 27.0 Å². The van der Waals surface area contributed by atoms with E-state index in [9.17, 15) is 0 Å². The van der Waals surface area contributed by atoms with Crippen molar-refractivity contribution in [2.45, 2.75) is 6.42 Å². The van der Waals surface area contributed by atoms with Gasteiger partial charge in [0.15, 0.2) is 0 Å². The molecule has 0 bridgehead atoms. The number of hydrogen-bond donors (Lipinski definition) is 0. The minimum Gasteiger partial charge on any atom is -0.301 e. The lowest BCUT2D eigenvalue weighted by molar-refractivity contribution is 0.306. The molecule has 1 aliphatic rings. The van der Waals surface area contributed by atoms with Crippen LogP contribution in [-0.4, -0.2) is 41.0 Å². The van der Waals surface area contributed by atoms with Crippen molar-refractivity contribution in [3.05, 3.63) is 16.6 Å². The largest absolute Gasteiger partial charge is 0.301 e. The molecular formula is C9H14N2S2. The molecule has 1 saturated heterocycles. The Labute approximate surface area is 87.4 Å². The summed E-state index contributed by atoms with van der Waals surface area (Å²) in [6.07, 6.45) is 1.12. The first-order valence-electron chi connectivity index (χ1n) is 4.62. The van der Waals surface area contributed by atoms with Crippen molar-refractivity contribution in [2.24, 2.45) is 0 Å². The van der Waals surface area contributed by atoms with E-state index in [1.54, 1.807) is 11.3 Å². The van der Waals surface area contributed by atoms with Crippen molar-refractivity contribution in [1.82, 2.24) is 9.88 Å². The van der Waals surface area contributed by atoms with Crippen LogP contribution in [0.2, 0.25) is 0 Å². The molecule has 72 valence electrons. The van der Waals surface area contributed by atoms with Crippen LogP contribution in [0.3, 0.4) is 0 Å². The molecule has 0 saturated carbocycles. The minimum absolute atomic E-state index is 1.12. The van der Waals surface area contributed by atoms with Crippen molar-refractivity contribution in [2.75, 3.05) is 31.1 Å². The van der Waals surface area contributed by atoms with Crippen LogP contribution >= 0.6 is 23.1 Å². The highest BCUT2D eigenvalue weighted by Crippen LogP contribution is 2.10. The Kier molecular flexibility index (Phi) is 3.64. The second-order valence-corrected chi connectivity index (χ2v) is 5.13. The van der Waals surface area contributed by atoms with Crippen molar-refractivity contribution in [1.29, 1.82) is 0 Å². The number of nitrogens with zero attached hydrogens (tertiary/aromatic N) is 2. The fraction of sp³-hybridized carbons (Fsp3) is 0.667. The van der Waals surface area contributed by atoms with E-state index in [4.69, 9.17) is 0 Å². The predicted octanol–water partition coefficient (Wildman–Crippen LogP) is 1.73. The Morgan fingerprint density at radius 2 is 2.23 bits per heavy atom. The molecule has 1 fully saturated rings. The molecule has 2 rings (SSSR count). The number of rotatable bonds is 3. The quantitative estimate of drug-likeness (QED) is 0.762. The highest BCUT2D eigenvalue weighted by Gasteiger charge is 2.09. The second-order valence-electron chi connectivity index (χ2n) is 3.18. The van der Waals surface area contributed by atoms with Gasteiger partial charge in [0.25, 0.3) is 0 Å². The lowest BCUT2D eigenvalue weighted by atomic mass is 10.3. The van der Waals surface area contributed by atoms with E-state index < -0.39 is 0 Å². The van der Waals surface area contributed by atoms with E-state index >= 15 is 0 Å². The fourth-order valence-corrected chi connectivity index (χ4v) is 3.03. The van der Waals surface area contributed by atoms with Crippen LogP contribution in [0.5, 0.6) is 0 Å². The Bertz CT molecular complexity index is 230. The average molecular weight is 214 g/mol. The standard InChI is InChI=1S/C9H14N2S2/c1(9-7-13-8-10-9)2-11-3-5-12-6-4-11/h7-8H,1-6H2. The zero-order valence-corrected chi connectivity index (χ0v) is 9.24. The Balaban J connectivity index is 1.72. The van der Waals surface area contributed by atoms with E-state index in [0.717, 1.165) is 6.42 Å². The van der Waals surface area contributed by atoms with Crippen LogP contribution in [0.15, 0.2) is 10.9 Å². The number of thiazole rings is 1. The van der Waals surface area contributed by atoms with Crippen LogP contribution in [0.1, 0.15) is 5.69 Å². The smallest absolute Gasteiger partial charge is 0.0794 e. The average Bonchev–Trinajstić information content (AvgIpc) is 2.69. The lowest BCUT2D eigenvalue weighted by Crippen LogP contribution is -2.34. The van der Waals surface area contributed by atoms with Gasteiger partial charge in [-0.25, -0.2) is 4.98 Å². The molecular weight excluding hydrogens is 200 g/mol. The maximum Gasteiger partial charge on any atom is 0.0794 e. The molecule has 0 N–H and O–H groups in total. The number of aromatic nitrogens is 1. The minimum atomic E-state index is 1.12. The van der Waals surface area contributed by atoms with Crippen molar-refractivity contribution >= 4 is 23.1 Å². The number of thioether (sulfide) groups is 1. The highest BCUT2D eigenvalue weighted by molar-refractivity contribution is 7.99. The second kappa shape index (κ2) is 4.98. The molecule has 2 heterocycles. The van der Waals surface area contributed by atoms with E-state index in [-0.39, 0.29) is 0 Å². The summed E-state index contributed by atoms with van der Waals surface area (Å²) in [5.74, 6) is 2.61. The van der Waals surface area contributed by atoms with Gasteiger partial charge in [0.05, 0.1) is 11.2 Å². The van der Waals surface area contributed by atoms with Gasteiger partial charge >= 0.3 is 0 Å². The third-order valence-electron chi connectivity index (χ3n) is 2.27. The van der Waals surface area contributed by atoms with Gasteiger partial charge in [-0.1, -0.05) is 0 Å². The maximum absolute atomic E-state index is 4.29. The first-order valence-corrected chi connectivity index (χ1v) is 6.72. The van der Waals surface area contributed by atoms with Gasteiger partial charge in [-0.05, 0) is 0 Å². The van der Waals surface area contributed by atoms with Gasteiger partial charge < -0.3 is 4.90 Å². The SMILES string of the molecule is c1nc(CCN2CCSCC2)cs1. The van der Waals surface area contributed by atoms with Gasteiger partial charge in [-0.3, -0.25) is 0 Å². The van der Waals surface area contributed by atoms with E-state index in [0.29, 0.717) is 0 Å². The van der Waals surface area contributed by atoms with Crippen LogP contribution in [0.25, 0.3) is 0 Å². The molecule has 4 heteroatoms. The van der Waals surface area contributed by atoms with Gasteiger partial charge in [-0.2, -0.15) is 11.8 Å². The molecule has 13 heavy (non-hydrogen) atoms. The summed E-state index contributed by atoms with van der Waals surface area (Å²) in [4.78, 5) is 6.82. The highest BCUT2D eigenvalue weighted by atomic mass is 32.2. The van der Waals surface area contributed by atoms with Crippen molar-refractivity contribution in [3.8, 4) is 0 Å². The summed E-state index contributed by atoms with van der Waals surface area (Å²) in [5, 5.41) is 2.15. The lowest BCUT2D eigenvalue weighted by Gasteiger charge is -2.25. The van der Waals surface area contributed by atoms with Crippen LogP contribution < -0.4 is 0 Å². The zero-order valence-electron chi connectivity index (χ0n) is 7.61. The van der Waals surface area contributed by atoms with Crippen LogP contribution in [0, 0.1) is 0 Å². The normalized spacial score (nSPS) is 19.1. The molecule has 0 aliphatic carbocycles. The third-order valence-corrected chi connectivity index (χ3v) is 3.85. The summed E-state index contributed by atoms with van der Waals surface area (Å²) in [6.45, 7) is 3.70. The molecule has 0 amide bonds. The Morgan fingerprint density at radius 1 is 1.38 bits per heavy atom. The number of hydrogen-bond acceptors (Lipinski definition) is 4. The van der Waals surface area contributed by atoms with Gasteiger partial charge in [-0.15, -0.1) is 11.3 Å². The molecule has 0 atom stereocenters. The summed E-state index contributed by atoms with van der Waals surface area (Å²) in [5.41, 5.74) is 3.17. The topological polar surface area (TPSA) is 16.1 Å². The summed E-state index contributed by atoms with van der Waals surface area (Å²) in [6, 6.07) is 0. The first kappa shape index (κ1) is 9.49. The summed E-state index contributed by atoms with van der Waals surface area (Å²) < 4.78 is 0. The first-order chi connectivity index (χ1) is 6.45. The summed E-state index contributed by atoms with van der Waals surface area (Å²) >= 11 is 3.76. The monoisotopic (exact) mass is 214 g/mol. The molecule has 1 aromatic heterocycles. The fourth-order valence-electron chi connectivity index (χ4n) is 1.46. The molecule has 0 spiro atoms. The van der Waals surface area contributed by atoms with Gasteiger partial charge in [0, 0.05) is 42.9 Å². The van der Waals surface area contributed by atoms with E-state index in [1.165, 1.54) is 36.8 Å². The summed E-state index contributed by atoms with van der Waals surface area (Å²) in [7, 11) is 0. The zero-order chi connectivity index (χ0) is 8.93. The van der Waals surface area contributed by atoms with Crippen LogP contribution in [-0.2, 0) is 6.42 Å². The molecule has 0 radical (unpaired) electrons. The van der Waals surface area contributed by atoms with Crippen molar-refractivity contribution in [3.63, 3.8) is 0 Å². The van der Waals surface area contributed by atoms with Crippen LogP contribution in [0.4, 0.5) is 0 Å². The maximum atomic E-state index is 4.29. The molecule has 1 aliphatic heterocycles. The van der Waals surface area contributed by atoms with E-state index in [1.807, 2.05) is 5.51 Å². The molecule has 0 unspecified atom stereocenters. The molecule has 0 aromatic carbocycles. The third kappa shape index (κ3) is 2.97.